The zero-order valence-electron chi connectivity index (χ0n) is 17.1. The van der Waals surface area contributed by atoms with Crippen LogP contribution >= 0.6 is 0 Å². The molecule has 0 unspecified atom stereocenters. The molecule has 1 aromatic rings. The van der Waals surface area contributed by atoms with E-state index in [4.69, 9.17) is 4.74 Å². The van der Waals surface area contributed by atoms with Gasteiger partial charge < -0.3 is 10.1 Å². The van der Waals surface area contributed by atoms with Gasteiger partial charge in [-0.25, -0.2) is 0 Å². The number of hydrogen-bond donors (Lipinski definition) is 1. The highest BCUT2D eigenvalue weighted by Gasteiger charge is 2.17. The van der Waals surface area contributed by atoms with Crippen molar-refractivity contribution in [3.05, 3.63) is 71.6 Å². The number of methoxy groups -OCH3 is 1. The van der Waals surface area contributed by atoms with Crippen molar-refractivity contribution in [3.8, 4) is 0 Å². The summed E-state index contributed by atoms with van der Waals surface area (Å²) in [7, 11) is 1.67. The fraction of sp³-hybridized carbons (Fsp3) is 0.364. The minimum absolute atomic E-state index is 0.191. The maximum Gasteiger partial charge on any atom is 0.243 e. The summed E-state index contributed by atoms with van der Waals surface area (Å²) in [6, 6.07) is 0. The zero-order chi connectivity index (χ0) is 20.4. The highest BCUT2D eigenvalue weighted by Crippen LogP contribution is 2.32. The van der Waals surface area contributed by atoms with Crippen molar-refractivity contribution in [2.75, 3.05) is 20.3 Å². The Bertz CT molecular complexity index is 771. The van der Waals surface area contributed by atoms with Crippen LogP contribution in [0.1, 0.15) is 33.3 Å². The minimum atomic E-state index is -0.191. The van der Waals surface area contributed by atoms with Crippen molar-refractivity contribution in [1.29, 1.82) is 0 Å². The van der Waals surface area contributed by atoms with E-state index < -0.39 is 0 Å². The second kappa shape index (κ2) is 11.1. The van der Waals surface area contributed by atoms with E-state index in [9.17, 15) is 4.79 Å². The van der Waals surface area contributed by atoms with Crippen LogP contribution in [0.25, 0.3) is 5.57 Å². The molecule has 0 saturated heterocycles. The first-order valence-electron chi connectivity index (χ1n) is 8.95. The summed E-state index contributed by atoms with van der Waals surface area (Å²) in [5.41, 5.74) is 6.47. The van der Waals surface area contributed by atoms with E-state index in [1.54, 1.807) is 13.2 Å². The van der Waals surface area contributed by atoms with Gasteiger partial charge in [-0.1, -0.05) is 36.5 Å². The van der Waals surface area contributed by atoms with Gasteiger partial charge in [0.2, 0.25) is 5.91 Å². The predicted molar refractivity (Wildman–Crippen MR) is 112 cm³/mol. The van der Waals surface area contributed by atoms with E-state index in [2.05, 4.69) is 37.4 Å². The number of nitrogens with one attached hydrogen (secondary N) is 1. The summed E-state index contributed by atoms with van der Waals surface area (Å²) in [4.78, 5) is 11.7. The fourth-order valence-electron chi connectivity index (χ4n) is 2.75. The van der Waals surface area contributed by atoms with Gasteiger partial charge in [0.15, 0.2) is 0 Å². The third kappa shape index (κ3) is 6.53. The molecular weight excluding hydrogens is 338 g/mol. The van der Waals surface area contributed by atoms with Crippen LogP contribution in [-0.2, 0) is 16.1 Å². The highest BCUT2D eigenvalue weighted by molar-refractivity contribution is 5.88. The number of rotatable bonds is 10. The number of ether oxygens (including phenoxy) is 1. The molecule has 1 heterocycles. The molecule has 0 aliphatic carbocycles. The first-order chi connectivity index (χ1) is 12.8. The lowest BCUT2D eigenvalue weighted by Gasteiger charge is -2.19. The number of carbonyl (C=O) groups excluding carboxylic acids is 1. The van der Waals surface area contributed by atoms with Gasteiger partial charge in [0.05, 0.1) is 19.3 Å². The molecule has 0 saturated carbocycles. The Morgan fingerprint density at radius 1 is 1.26 bits per heavy atom. The second-order valence-electron chi connectivity index (χ2n) is 6.58. The van der Waals surface area contributed by atoms with Gasteiger partial charge >= 0.3 is 0 Å². The molecule has 0 aliphatic heterocycles. The SMILES string of the molecule is C=C/C=C(\C(=C(C)C)C(CNC(=O)C=C)=C(C)C)c1cnn(CCOC)c1. The topological polar surface area (TPSA) is 56.2 Å². The molecule has 0 atom stereocenters. The van der Waals surface area contributed by atoms with Crippen molar-refractivity contribution in [2.45, 2.75) is 34.2 Å². The van der Waals surface area contributed by atoms with Crippen molar-refractivity contribution in [3.63, 3.8) is 0 Å². The number of hydrogen-bond acceptors (Lipinski definition) is 3. The van der Waals surface area contributed by atoms with E-state index in [0.717, 1.165) is 33.4 Å². The van der Waals surface area contributed by atoms with Gasteiger partial charge in [-0.05, 0) is 50.5 Å². The molecule has 5 heteroatoms. The Morgan fingerprint density at radius 3 is 2.48 bits per heavy atom. The average Bonchev–Trinajstić information content (AvgIpc) is 3.09. The summed E-state index contributed by atoms with van der Waals surface area (Å²) in [5, 5.41) is 7.32. The standard InChI is InChI=1S/C22H31N3O2/c1-8-10-19(18-13-24-25(15-18)11-12-27-7)22(17(5)6)20(16(3)4)14-23-21(26)9-2/h8-10,13,15H,1-2,11-12,14H2,3-7H3,(H,23,26)/b19-10-. The molecule has 0 radical (unpaired) electrons. The lowest BCUT2D eigenvalue weighted by molar-refractivity contribution is -0.116. The largest absolute Gasteiger partial charge is 0.383 e. The van der Waals surface area contributed by atoms with Crippen molar-refractivity contribution < 1.29 is 9.53 Å². The fourth-order valence-corrected chi connectivity index (χ4v) is 2.75. The molecule has 0 aliphatic rings. The minimum Gasteiger partial charge on any atom is -0.383 e. The zero-order valence-corrected chi connectivity index (χ0v) is 17.1. The number of nitrogens with zero attached hydrogens (tertiary/aromatic N) is 2. The number of amides is 1. The van der Waals surface area contributed by atoms with E-state index in [1.807, 2.05) is 37.0 Å². The Labute approximate surface area is 162 Å². The normalized spacial score (nSPS) is 10.9. The number of carbonyl (C=O) groups is 1. The van der Waals surface area contributed by atoms with Gasteiger partial charge in [-0.3, -0.25) is 9.48 Å². The lowest BCUT2D eigenvalue weighted by Crippen LogP contribution is -2.24. The third-order valence-corrected chi connectivity index (χ3v) is 4.05. The van der Waals surface area contributed by atoms with Gasteiger partial charge in [0.1, 0.15) is 0 Å². The first-order valence-corrected chi connectivity index (χ1v) is 8.95. The smallest absolute Gasteiger partial charge is 0.243 e. The van der Waals surface area contributed by atoms with Crippen LogP contribution in [0.4, 0.5) is 0 Å². The average molecular weight is 370 g/mol. The van der Waals surface area contributed by atoms with Crippen LogP contribution in [0, 0.1) is 0 Å². The van der Waals surface area contributed by atoms with Crippen LogP contribution in [0.3, 0.4) is 0 Å². The number of allylic oxidation sites excluding steroid dienone is 5. The van der Waals surface area contributed by atoms with E-state index in [1.165, 1.54) is 6.08 Å². The molecule has 5 nitrogen and oxygen atoms in total. The van der Waals surface area contributed by atoms with Crippen LogP contribution in [0.5, 0.6) is 0 Å². The molecule has 146 valence electrons. The van der Waals surface area contributed by atoms with Crippen LogP contribution in [0.15, 0.2) is 66.1 Å². The quantitative estimate of drug-likeness (QED) is 0.499. The monoisotopic (exact) mass is 369 g/mol. The van der Waals surface area contributed by atoms with Crippen LogP contribution < -0.4 is 5.32 Å². The van der Waals surface area contributed by atoms with Gasteiger partial charge in [0.25, 0.3) is 0 Å². The number of aromatic nitrogens is 2. The molecule has 1 aromatic heterocycles. The Kier molecular flexibility index (Phi) is 9.23. The molecule has 0 fully saturated rings. The summed E-state index contributed by atoms with van der Waals surface area (Å²) < 4.78 is 6.99. The molecular formula is C22H31N3O2. The van der Waals surface area contributed by atoms with Gasteiger partial charge in [-0.2, -0.15) is 5.10 Å². The molecule has 0 bridgehead atoms. The maximum absolute atomic E-state index is 11.7. The molecule has 1 amide bonds. The lowest BCUT2D eigenvalue weighted by atomic mass is 9.88. The Hall–Kier alpha value is -2.66. The third-order valence-electron chi connectivity index (χ3n) is 4.05. The van der Waals surface area contributed by atoms with Gasteiger partial charge in [-0.15, -0.1) is 0 Å². The Balaban J connectivity index is 3.36. The highest BCUT2D eigenvalue weighted by atomic mass is 16.5. The van der Waals surface area contributed by atoms with Crippen molar-refractivity contribution in [1.82, 2.24) is 15.1 Å². The van der Waals surface area contributed by atoms with Crippen molar-refractivity contribution >= 4 is 11.5 Å². The summed E-state index contributed by atoms with van der Waals surface area (Å²) in [6.07, 6.45) is 8.89. The maximum atomic E-state index is 11.7. The van der Waals surface area contributed by atoms with Crippen molar-refractivity contribution in [2.24, 2.45) is 0 Å². The second-order valence-corrected chi connectivity index (χ2v) is 6.58. The van der Waals surface area contributed by atoms with Crippen LogP contribution in [0.2, 0.25) is 0 Å². The summed E-state index contributed by atoms with van der Waals surface area (Å²) in [6.45, 7) is 17.3. The molecule has 0 aromatic carbocycles. The van der Waals surface area contributed by atoms with E-state index in [0.29, 0.717) is 19.7 Å². The molecule has 27 heavy (non-hydrogen) atoms. The predicted octanol–water partition coefficient (Wildman–Crippen LogP) is 4.07. The molecule has 1 rings (SSSR count). The van der Waals surface area contributed by atoms with Crippen LogP contribution in [-0.4, -0.2) is 35.9 Å². The summed E-state index contributed by atoms with van der Waals surface area (Å²) >= 11 is 0. The molecule has 0 spiro atoms. The van der Waals surface area contributed by atoms with E-state index in [-0.39, 0.29) is 5.91 Å². The van der Waals surface area contributed by atoms with Gasteiger partial charge in [0, 0.05) is 25.4 Å². The summed E-state index contributed by atoms with van der Waals surface area (Å²) in [5.74, 6) is -0.191. The molecule has 1 N–H and O–H groups in total. The Morgan fingerprint density at radius 2 is 1.96 bits per heavy atom. The first kappa shape index (κ1) is 22.4. The van der Waals surface area contributed by atoms with E-state index >= 15 is 0 Å².